The highest BCUT2D eigenvalue weighted by Crippen LogP contribution is 2.28. The van der Waals surface area contributed by atoms with E-state index in [2.05, 4.69) is 15.7 Å². The van der Waals surface area contributed by atoms with E-state index in [1.807, 2.05) is 12.1 Å². The maximum atomic E-state index is 12.7. The molecule has 24 heavy (non-hydrogen) atoms. The maximum absolute atomic E-state index is 12.7. The van der Waals surface area contributed by atoms with Gasteiger partial charge in [-0.3, -0.25) is 14.8 Å². The first kappa shape index (κ1) is 16.3. The minimum atomic E-state index is -0.585. The highest BCUT2D eigenvalue weighted by Gasteiger charge is 2.31. The Hall–Kier alpha value is -2.54. The van der Waals surface area contributed by atoms with Gasteiger partial charge in [0.15, 0.2) is 5.82 Å². The van der Waals surface area contributed by atoms with E-state index in [0.29, 0.717) is 29.5 Å². The number of benzene rings is 1. The molecule has 0 bridgehead atoms. The van der Waals surface area contributed by atoms with Gasteiger partial charge in [-0.2, -0.15) is 5.10 Å². The summed E-state index contributed by atoms with van der Waals surface area (Å²) >= 11 is 6.18. The summed E-state index contributed by atoms with van der Waals surface area (Å²) in [6.07, 6.45) is 3.10. The molecule has 1 aromatic heterocycles. The quantitative estimate of drug-likeness (QED) is 0.894. The smallest absolute Gasteiger partial charge is 0.321 e. The minimum absolute atomic E-state index is 0.162. The van der Waals surface area contributed by atoms with Gasteiger partial charge in [-0.05, 0) is 25.0 Å². The van der Waals surface area contributed by atoms with Crippen LogP contribution in [0.1, 0.15) is 12.8 Å². The number of hydrogen-bond donors (Lipinski definition) is 2. The number of carbonyl (C=O) groups excluding carboxylic acids is 2. The molecule has 0 unspecified atom stereocenters. The molecule has 1 saturated heterocycles. The topological polar surface area (TPSA) is 79.3 Å². The third-order valence-corrected chi connectivity index (χ3v) is 4.16. The molecule has 1 aromatic carbocycles. The minimum Gasteiger partial charge on any atom is -0.326 e. The van der Waals surface area contributed by atoms with Crippen LogP contribution < -0.4 is 15.5 Å². The largest absolute Gasteiger partial charge is 0.326 e. The summed E-state index contributed by atoms with van der Waals surface area (Å²) in [6, 6.07) is 7.84. The molecule has 8 heteroatoms. The number of anilines is 2. The number of rotatable bonds is 3. The lowest BCUT2D eigenvalue weighted by atomic mass is 10.0. The number of urea groups is 1. The summed E-state index contributed by atoms with van der Waals surface area (Å²) < 4.78 is 1.58. The van der Waals surface area contributed by atoms with Gasteiger partial charge in [0.1, 0.15) is 6.04 Å². The van der Waals surface area contributed by atoms with Gasteiger partial charge < -0.3 is 10.2 Å². The van der Waals surface area contributed by atoms with Crippen molar-refractivity contribution in [1.82, 2.24) is 15.1 Å². The highest BCUT2D eigenvalue weighted by molar-refractivity contribution is 6.33. The number of carbonyl (C=O) groups is 2. The lowest BCUT2D eigenvalue weighted by Gasteiger charge is -2.33. The number of piperidine rings is 1. The van der Waals surface area contributed by atoms with Gasteiger partial charge in [0, 0.05) is 25.9 Å². The van der Waals surface area contributed by atoms with Crippen molar-refractivity contribution in [3.63, 3.8) is 0 Å². The van der Waals surface area contributed by atoms with Crippen LogP contribution in [-0.2, 0) is 11.8 Å². The zero-order valence-corrected chi connectivity index (χ0v) is 14.0. The average molecular weight is 348 g/mol. The van der Waals surface area contributed by atoms with Crippen molar-refractivity contribution in [2.24, 2.45) is 7.05 Å². The third-order valence-electron chi connectivity index (χ3n) is 3.84. The number of nitrogens with one attached hydrogen (secondary N) is 2. The number of amides is 3. The molecule has 1 aliphatic heterocycles. The Morgan fingerprint density at radius 3 is 2.83 bits per heavy atom. The van der Waals surface area contributed by atoms with E-state index < -0.39 is 12.1 Å². The van der Waals surface area contributed by atoms with Crippen molar-refractivity contribution < 1.29 is 9.59 Å². The molecule has 126 valence electrons. The number of aryl methyl sites for hydroxylation is 1. The van der Waals surface area contributed by atoms with Crippen molar-refractivity contribution in [3.8, 4) is 0 Å². The monoisotopic (exact) mass is 347 g/mol. The van der Waals surface area contributed by atoms with E-state index >= 15 is 0 Å². The Morgan fingerprint density at radius 2 is 2.12 bits per heavy atom. The van der Waals surface area contributed by atoms with E-state index in [9.17, 15) is 9.59 Å². The van der Waals surface area contributed by atoms with Crippen LogP contribution >= 0.6 is 11.6 Å². The van der Waals surface area contributed by atoms with Crippen molar-refractivity contribution in [2.75, 3.05) is 16.8 Å². The normalized spacial score (nSPS) is 17.7. The molecular formula is C16H18ClN5O2. The lowest BCUT2D eigenvalue weighted by Crippen LogP contribution is -2.53. The molecule has 2 heterocycles. The van der Waals surface area contributed by atoms with Crippen molar-refractivity contribution in [2.45, 2.75) is 18.9 Å². The van der Waals surface area contributed by atoms with Gasteiger partial charge in [0.25, 0.3) is 0 Å². The van der Waals surface area contributed by atoms with Crippen molar-refractivity contribution >= 4 is 35.0 Å². The molecule has 3 amide bonds. The van der Waals surface area contributed by atoms with E-state index in [-0.39, 0.29) is 5.91 Å². The molecule has 1 aliphatic rings. The second-order valence-corrected chi connectivity index (χ2v) is 6.02. The summed E-state index contributed by atoms with van der Waals surface area (Å²) in [5.41, 5.74) is 0.667. The van der Waals surface area contributed by atoms with Gasteiger partial charge in [0.05, 0.1) is 10.7 Å². The summed E-state index contributed by atoms with van der Waals surface area (Å²) in [5.74, 6) is 0.270. The first-order valence-electron chi connectivity index (χ1n) is 7.67. The highest BCUT2D eigenvalue weighted by atomic mass is 35.5. The molecule has 2 aromatic rings. The number of hydrogen-bond acceptors (Lipinski definition) is 3. The van der Waals surface area contributed by atoms with Crippen LogP contribution in [0, 0.1) is 0 Å². The molecular weight excluding hydrogens is 330 g/mol. The molecule has 1 fully saturated rings. The molecule has 2 N–H and O–H groups in total. The Balaban J connectivity index is 1.67. The number of nitrogens with zero attached hydrogens (tertiary/aromatic N) is 3. The van der Waals surface area contributed by atoms with Crippen LogP contribution in [0.4, 0.5) is 16.3 Å². The van der Waals surface area contributed by atoms with Crippen LogP contribution in [0.15, 0.2) is 36.5 Å². The van der Waals surface area contributed by atoms with Crippen LogP contribution in [0.5, 0.6) is 0 Å². The Bertz CT molecular complexity index is 760. The molecule has 1 atom stereocenters. The number of aromatic nitrogens is 2. The second kappa shape index (κ2) is 6.92. The molecule has 0 aliphatic carbocycles. The van der Waals surface area contributed by atoms with Crippen LogP contribution in [0.25, 0.3) is 0 Å². The van der Waals surface area contributed by atoms with E-state index in [0.717, 1.165) is 6.42 Å². The third kappa shape index (κ3) is 3.51. The maximum Gasteiger partial charge on any atom is 0.321 e. The van der Waals surface area contributed by atoms with E-state index in [1.165, 1.54) is 0 Å². The van der Waals surface area contributed by atoms with Crippen LogP contribution in [0.3, 0.4) is 0 Å². The summed E-state index contributed by atoms with van der Waals surface area (Å²) in [6.45, 7) is 0.586. The van der Waals surface area contributed by atoms with E-state index in [4.69, 9.17) is 11.6 Å². The fourth-order valence-corrected chi connectivity index (χ4v) is 2.95. The molecule has 0 saturated carbocycles. The van der Waals surface area contributed by atoms with Gasteiger partial charge in [-0.1, -0.05) is 23.7 Å². The molecule has 0 radical (unpaired) electrons. The second-order valence-electron chi connectivity index (χ2n) is 5.61. The zero-order valence-electron chi connectivity index (χ0n) is 13.2. The van der Waals surface area contributed by atoms with Crippen molar-refractivity contribution in [1.29, 1.82) is 0 Å². The molecule has 7 nitrogen and oxygen atoms in total. The Kier molecular flexibility index (Phi) is 4.71. The SMILES string of the molecule is Cn1ccc(NC(=O)N[C@H]2CCCN(c3ccccc3Cl)C2=O)n1. The molecule has 3 rings (SSSR count). The fraction of sp³-hybridized carbons (Fsp3) is 0.312. The zero-order chi connectivity index (χ0) is 17.1. The number of para-hydroxylation sites is 1. The summed E-state index contributed by atoms with van der Waals surface area (Å²) in [4.78, 5) is 26.4. The van der Waals surface area contributed by atoms with Crippen LogP contribution in [-0.4, -0.2) is 34.3 Å². The fourth-order valence-electron chi connectivity index (χ4n) is 2.71. The van der Waals surface area contributed by atoms with Gasteiger partial charge >= 0.3 is 6.03 Å². The first-order valence-corrected chi connectivity index (χ1v) is 8.05. The predicted molar refractivity (Wildman–Crippen MR) is 92.2 cm³/mol. The first-order chi connectivity index (χ1) is 11.5. The van der Waals surface area contributed by atoms with Crippen molar-refractivity contribution in [3.05, 3.63) is 41.6 Å². The van der Waals surface area contributed by atoms with E-state index in [1.54, 1.807) is 41.0 Å². The van der Waals surface area contributed by atoms with Gasteiger partial charge in [-0.15, -0.1) is 0 Å². The number of halogens is 1. The van der Waals surface area contributed by atoms with Gasteiger partial charge in [-0.25, -0.2) is 4.79 Å². The molecule has 0 spiro atoms. The standard InChI is InChI=1S/C16H18ClN5O2/c1-21-10-8-14(20-21)19-16(24)18-12-6-4-9-22(15(12)23)13-7-3-2-5-11(13)17/h2-3,5,7-8,10,12H,4,6,9H2,1H3,(H2,18,19,20,24)/t12-/m0/s1. The predicted octanol–water partition coefficient (Wildman–Crippen LogP) is 2.39. The summed E-state index contributed by atoms with van der Waals surface area (Å²) in [7, 11) is 1.76. The average Bonchev–Trinajstić information content (AvgIpc) is 2.95. The Morgan fingerprint density at radius 1 is 1.33 bits per heavy atom. The Labute approximate surface area is 144 Å². The summed E-state index contributed by atoms with van der Waals surface area (Å²) in [5, 5.41) is 9.92. The lowest BCUT2D eigenvalue weighted by molar-refractivity contribution is -0.121. The van der Waals surface area contributed by atoms with Crippen LogP contribution in [0.2, 0.25) is 5.02 Å². The van der Waals surface area contributed by atoms with Gasteiger partial charge in [0.2, 0.25) is 5.91 Å².